The van der Waals surface area contributed by atoms with Crippen molar-refractivity contribution in [2.75, 3.05) is 13.6 Å². The van der Waals surface area contributed by atoms with Crippen molar-refractivity contribution in [1.82, 2.24) is 4.90 Å². The highest BCUT2D eigenvalue weighted by molar-refractivity contribution is 5.73. The van der Waals surface area contributed by atoms with E-state index in [9.17, 15) is 4.79 Å². The molecule has 0 radical (unpaired) electrons. The number of esters is 1. The maximum absolute atomic E-state index is 11.9. The highest BCUT2D eigenvalue weighted by Gasteiger charge is 2.32. The van der Waals surface area contributed by atoms with Gasteiger partial charge in [0.1, 0.15) is 5.60 Å². The zero-order valence-corrected chi connectivity index (χ0v) is 11.2. The molecule has 2 atom stereocenters. The smallest absolute Gasteiger partial charge is 0.309 e. The molecule has 0 bridgehead atoms. The van der Waals surface area contributed by atoms with E-state index >= 15 is 0 Å². The van der Waals surface area contributed by atoms with E-state index in [-0.39, 0.29) is 17.5 Å². The monoisotopic (exact) mass is 227 g/mol. The SMILES string of the molecule is CC[C@H]1C[C@H](C(=O)OC(C)(C)C)CCN1C. The van der Waals surface area contributed by atoms with Crippen LogP contribution in [0.4, 0.5) is 0 Å². The van der Waals surface area contributed by atoms with Crippen LogP contribution in [0, 0.1) is 5.92 Å². The average molecular weight is 227 g/mol. The predicted molar refractivity (Wildman–Crippen MR) is 65.3 cm³/mol. The summed E-state index contributed by atoms with van der Waals surface area (Å²) in [6.07, 6.45) is 2.99. The van der Waals surface area contributed by atoms with Crippen molar-refractivity contribution in [3.63, 3.8) is 0 Å². The molecule has 0 saturated carbocycles. The molecule has 0 aromatic rings. The van der Waals surface area contributed by atoms with Crippen molar-refractivity contribution in [2.24, 2.45) is 5.92 Å². The molecule has 1 rings (SSSR count). The summed E-state index contributed by atoms with van der Waals surface area (Å²) in [4.78, 5) is 14.3. The summed E-state index contributed by atoms with van der Waals surface area (Å²) in [5, 5.41) is 0. The molecule has 16 heavy (non-hydrogen) atoms. The average Bonchev–Trinajstić information content (AvgIpc) is 2.15. The first-order chi connectivity index (χ1) is 7.33. The van der Waals surface area contributed by atoms with Gasteiger partial charge in [-0.1, -0.05) is 6.92 Å². The van der Waals surface area contributed by atoms with Crippen LogP contribution in [0.1, 0.15) is 47.0 Å². The maximum atomic E-state index is 11.9. The summed E-state index contributed by atoms with van der Waals surface area (Å²) in [5.41, 5.74) is -0.359. The van der Waals surface area contributed by atoms with Gasteiger partial charge in [-0.3, -0.25) is 4.79 Å². The fourth-order valence-electron chi connectivity index (χ4n) is 2.25. The topological polar surface area (TPSA) is 29.5 Å². The molecule has 0 aromatic carbocycles. The number of hydrogen-bond acceptors (Lipinski definition) is 3. The van der Waals surface area contributed by atoms with Crippen molar-refractivity contribution in [3.8, 4) is 0 Å². The molecule has 1 saturated heterocycles. The van der Waals surface area contributed by atoms with Crippen LogP contribution in [0.2, 0.25) is 0 Å². The Morgan fingerprint density at radius 3 is 2.56 bits per heavy atom. The second kappa shape index (κ2) is 5.17. The molecule has 1 aliphatic heterocycles. The first kappa shape index (κ1) is 13.5. The van der Waals surface area contributed by atoms with Gasteiger partial charge in [0.25, 0.3) is 0 Å². The maximum Gasteiger partial charge on any atom is 0.309 e. The number of nitrogens with zero attached hydrogens (tertiary/aromatic N) is 1. The predicted octanol–water partition coefficient (Wildman–Crippen LogP) is 2.45. The van der Waals surface area contributed by atoms with E-state index in [0.29, 0.717) is 6.04 Å². The summed E-state index contributed by atoms with van der Waals surface area (Å²) in [5.74, 6) is 0.0828. The van der Waals surface area contributed by atoms with Crippen LogP contribution >= 0.6 is 0 Å². The molecule has 0 spiro atoms. The summed E-state index contributed by atoms with van der Waals surface area (Å²) >= 11 is 0. The minimum absolute atomic E-state index is 0.0148. The van der Waals surface area contributed by atoms with Gasteiger partial charge < -0.3 is 9.64 Å². The van der Waals surface area contributed by atoms with Gasteiger partial charge in [0.15, 0.2) is 0 Å². The van der Waals surface area contributed by atoms with E-state index in [1.165, 1.54) is 0 Å². The molecule has 1 aliphatic rings. The third-order valence-electron chi connectivity index (χ3n) is 3.22. The second-order valence-electron chi connectivity index (χ2n) is 5.80. The molecule has 0 aromatic heterocycles. The Balaban J connectivity index is 2.52. The second-order valence-corrected chi connectivity index (χ2v) is 5.80. The lowest BCUT2D eigenvalue weighted by Crippen LogP contribution is -2.43. The van der Waals surface area contributed by atoms with Crippen LogP contribution in [0.5, 0.6) is 0 Å². The zero-order chi connectivity index (χ0) is 12.3. The molecule has 0 N–H and O–H groups in total. The molecule has 3 nitrogen and oxygen atoms in total. The lowest BCUT2D eigenvalue weighted by Gasteiger charge is -2.36. The molecule has 1 fully saturated rings. The largest absolute Gasteiger partial charge is 0.460 e. The van der Waals surface area contributed by atoms with E-state index in [1.54, 1.807) is 0 Å². The number of likely N-dealkylation sites (tertiary alicyclic amines) is 1. The molecule has 1 heterocycles. The number of hydrogen-bond donors (Lipinski definition) is 0. The van der Waals surface area contributed by atoms with Gasteiger partial charge in [-0.25, -0.2) is 0 Å². The van der Waals surface area contributed by atoms with Crippen molar-refractivity contribution < 1.29 is 9.53 Å². The van der Waals surface area contributed by atoms with Crippen molar-refractivity contribution >= 4 is 5.97 Å². The van der Waals surface area contributed by atoms with Crippen LogP contribution in [-0.4, -0.2) is 36.1 Å². The minimum Gasteiger partial charge on any atom is -0.460 e. The van der Waals surface area contributed by atoms with Crippen LogP contribution < -0.4 is 0 Å². The minimum atomic E-state index is -0.359. The number of rotatable bonds is 2. The standard InChI is InChI=1S/C13H25NO2/c1-6-11-9-10(7-8-14(11)5)12(15)16-13(2,3)4/h10-11H,6-9H2,1-5H3/t10-,11+/m1/s1. The Morgan fingerprint density at radius 2 is 2.06 bits per heavy atom. The first-order valence-electron chi connectivity index (χ1n) is 6.26. The summed E-state index contributed by atoms with van der Waals surface area (Å²) in [6.45, 7) is 8.96. The van der Waals surface area contributed by atoms with Crippen molar-refractivity contribution in [2.45, 2.75) is 58.6 Å². The summed E-state index contributed by atoms with van der Waals surface area (Å²) in [6, 6.07) is 0.534. The first-order valence-corrected chi connectivity index (χ1v) is 6.26. The van der Waals surface area contributed by atoms with E-state index in [1.807, 2.05) is 20.8 Å². The fraction of sp³-hybridized carbons (Fsp3) is 0.923. The van der Waals surface area contributed by atoms with Crippen LogP contribution in [0.25, 0.3) is 0 Å². The van der Waals surface area contributed by atoms with Gasteiger partial charge in [-0.05, 0) is 53.6 Å². The van der Waals surface area contributed by atoms with E-state index in [2.05, 4.69) is 18.9 Å². The molecular weight excluding hydrogens is 202 g/mol. The van der Waals surface area contributed by atoms with Gasteiger partial charge in [0.2, 0.25) is 0 Å². The van der Waals surface area contributed by atoms with E-state index in [0.717, 1.165) is 25.8 Å². The lowest BCUT2D eigenvalue weighted by atomic mass is 9.90. The zero-order valence-electron chi connectivity index (χ0n) is 11.2. The highest BCUT2D eigenvalue weighted by Crippen LogP contribution is 2.26. The van der Waals surface area contributed by atoms with Crippen molar-refractivity contribution in [1.29, 1.82) is 0 Å². The number of carbonyl (C=O) groups excluding carboxylic acids is 1. The van der Waals surface area contributed by atoms with Gasteiger partial charge in [0, 0.05) is 6.04 Å². The number of ether oxygens (including phenoxy) is 1. The molecule has 0 amide bonds. The van der Waals surface area contributed by atoms with Gasteiger partial charge in [-0.15, -0.1) is 0 Å². The fourth-order valence-corrected chi connectivity index (χ4v) is 2.25. The molecule has 94 valence electrons. The lowest BCUT2D eigenvalue weighted by molar-refractivity contribution is -0.162. The number of piperidine rings is 1. The highest BCUT2D eigenvalue weighted by atomic mass is 16.6. The summed E-state index contributed by atoms with van der Waals surface area (Å²) in [7, 11) is 2.14. The van der Waals surface area contributed by atoms with Gasteiger partial charge in [0.05, 0.1) is 5.92 Å². The molecule has 3 heteroatoms. The molecular formula is C13H25NO2. The molecule has 0 unspecified atom stereocenters. The Hall–Kier alpha value is -0.570. The third kappa shape index (κ3) is 3.78. The summed E-state index contributed by atoms with van der Waals surface area (Å²) < 4.78 is 5.45. The van der Waals surface area contributed by atoms with Gasteiger partial charge in [-0.2, -0.15) is 0 Å². The Morgan fingerprint density at radius 1 is 1.44 bits per heavy atom. The quantitative estimate of drug-likeness (QED) is 0.679. The Bertz CT molecular complexity index is 245. The Labute approximate surface area is 99.1 Å². The molecule has 0 aliphatic carbocycles. The third-order valence-corrected chi connectivity index (χ3v) is 3.22. The van der Waals surface area contributed by atoms with Crippen molar-refractivity contribution in [3.05, 3.63) is 0 Å². The van der Waals surface area contributed by atoms with E-state index < -0.39 is 0 Å². The van der Waals surface area contributed by atoms with Crippen LogP contribution in [-0.2, 0) is 9.53 Å². The normalized spacial score (nSPS) is 27.8. The van der Waals surface area contributed by atoms with Gasteiger partial charge >= 0.3 is 5.97 Å². The van der Waals surface area contributed by atoms with Crippen LogP contribution in [0.3, 0.4) is 0 Å². The van der Waals surface area contributed by atoms with Crippen LogP contribution in [0.15, 0.2) is 0 Å². The number of carbonyl (C=O) groups is 1. The Kier molecular flexibility index (Phi) is 4.36. The van der Waals surface area contributed by atoms with E-state index in [4.69, 9.17) is 4.74 Å².